The van der Waals surface area contributed by atoms with Crippen LogP contribution in [0.4, 0.5) is 5.69 Å². The third-order valence-corrected chi connectivity index (χ3v) is 4.53. The van der Waals surface area contributed by atoms with Crippen molar-refractivity contribution in [2.75, 3.05) is 32.5 Å². The van der Waals surface area contributed by atoms with Crippen LogP contribution in [0.2, 0.25) is 0 Å². The lowest BCUT2D eigenvalue weighted by Gasteiger charge is -2.12. The van der Waals surface area contributed by atoms with Crippen LogP contribution in [0, 0.1) is 0 Å². The number of para-hydroxylation sites is 2. The van der Waals surface area contributed by atoms with E-state index in [9.17, 15) is 0 Å². The van der Waals surface area contributed by atoms with Gasteiger partial charge in [-0.15, -0.1) is 0 Å². The number of hydrogen-bond acceptors (Lipinski definition) is 3. The lowest BCUT2D eigenvalue weighted by atomic mass is 10.1. The van der Waals surface area contributed by atoms with Crippen LogP contribution in [-0.4, -0.2) is 32.1 Å². The molecule has 4 rings (SSSR count). The molecule has 5 heteroatoms. The predicted molar refractivity (Wildman–Crippen MR) is 99.4 cm³/mol. The normalized spacial score (nSPS) is 11.4. The average molecular weight is 447 g/mol. The van der Waals surface area contributed by atoms with Gasteiger partial charge in [-0.2, -0.15) is 4.57 Å². The van der Waals surface area contributed by atoms with Crippen molar-refractivity contribution in [2.24, 2.45) is 7.05 Å². The van der Waals surface area contributed by atoms with Crippen LogP contribution in [-0.2, 0) is 7.05 Å². The summed E-state index contributed by atoms with van der Waals surface area (Å²) >= 11 is 0. The van der Waals surface area contributed by atoms with Gasteiger partial charge in [-0.3, -0.25) is 0 Å². The van der Waals surface area contributed by atoms with Crippen molar-refractivity contribution in [3.63, 3.8) is 0 Å². The van der Waals surface area contributed by atoms with Crippen LogP contribution in [0.3, 0.4) is 0 Å². The summed E-state index contributed by atoms with van der Waals surface area (Å²) in [6.45, 7) is 1.84. The Labute approximate surface area is 164 Å². The van der Waals surface area contributed by atoms with Crippen molar-refractivity contribution < 1.29 is 33.0 Å². The molecule has 4 aromatic rings. The highest BCUT2D eigenvalue weighted by molar-refractivity contribution is 6.11. The second-order valence-corrected chi connectivity index (χ2v) is 6.46. The zero-order chi connectivity index (χ0) is 16.7. The minimum absolute atomic E-state index is 0. The fourth-order valence-electron chi connectivity index (χ4n) is 3.33. The van der Waals surface area contributed by atoms with Gasteiger partial charge in [-0.05, 0) is 32.3 Å². The molecule has 0 aliphatic heterocycles. The number of fused-ring (bicyclic) bond motifs is 4. The molecule has 4 nitrogen and oxygen atoms in total. The molecule has 1 N–H and O–H groups in total. The molecule has 0 radical (unpaired) electrons. The summed E-state index contributed by atoms with van der Waals surface area (Å²) in [6.07, 6.45) is 0. The summed E-state index contributed by atoms with van der Waals surface area (Å²) in [7, 11) is 6.28. The van der Waals surface area contributed by atoms with Gasteiger partial charge in [0.2, 0.25) is 11.1 Å². The maximum absolute atomic E-state index is 6.23. The minimum Gasteiger partial charge on any atom is -1.00 e. The van der Waals surface area contributed by atoms with Crippen LogP contribution < -0.4 is 33.9 Å². The second-order valence-electron chi connectivity index (χ2n) is 6.46. The first-order chi connectivity index (χ1) is 11.7. The molecule has 0 saturated heterocycles. The van der Waals surface area contributed by atoms with Gasteiger partial charge >= 0.3 is 0 Å². The van der Waals surface area contributed by atoms with E-state index in [2.05, 4.69) is 72.3 Å². The first-order valence-corrected chi connectivity index (χ1v) is 8.27. The molecule has 0 atom stereocenters. The largest absolute Gasteiger partial charge is 1.00 e. The molecule has 0 spiro atoms. The molecular weight excluding hydrogens is 425 g/mol. The number of pyridine rings is 1. The lowest BCUT2D eigenvalue weighted by molar-refractivity contribution is -0.616. The van der Waals surface area contributed by atoms with Gasteiger partial charge in [0.25, 0.3) is 5.52 Å². The highest BCUT2D eigenvalue weighted by Crippen LogP contribution is 2.35. The average Bonchev–Trinajstić information content (AvgIpc) is 2.97. The van der Waals surface area contributed by atoms with Crippen molar-refractivity contribution in [1.82, 2.24) is 4.90 Å². The first kappa shape index (κ1) is 17.9. The lowest BCUT2D eigenvalue weighted by Crippen LogP contribution is -3.00. The number of aryl methyl sites for hydroxylation is 1. The Hall–Kier alpha value is -1.86. The van der Waals surface area contributed by atoms with Gasteiger partial charge in [0, 0.05) is 19.2 Å². The number of benzene rings is 2. The number of nitrogens with one attached hydrogen (secondary N) is 1. The summed E-state index contributed by atoms with van der Waals surface area (Å²) in [6, 6.07) is 16.7. The fraction of sp³-hybridized carbons (Fsp3) is 0.250. The molecule has 0 bridgehead atoms. The highest BCUT2D eigenvalue weighted by atomic mass is 127. The number of rotatable bonds is 4. The first-order valence-electron chi connectivity index (χ1n) is 8.27. The van der Waals surface area contributed by atoms with Crippen LogP contribution in [0.1, 0.15) is 0 Å². The number of aromatic nitrogens is 1. The van der Waals surface area contributed by atoms with Crippen LogP contribution in [0.15, 0.2) is 52.9 Å². The molecule has 2 aromatic carbocycles. The molecule has 0 aliphatic rings. The van der Waals surface area contributed by atoms with Gasteiger partial charge in [-0.25, -0.2) is 0 Å². The molecule has 0 aliphatic carbocycles. The van der Waals surface area contributed by atoms with E-state index in [1.165, 1.54) is 10.9 Å². The third-order valence-electron chi connectivity index (χ3n) is 4.53. The van der Waals surface area contributed by atoms with Gasteiger partial charge in [0.05, 0.1) is 16.5 Å². The second kappa shape index (κ2) is 7.17. The molecule has 0 saturated carbocycles. The Bertz CT molecular complexity index is 1040. The van der Waals surface area contributed by atoms with E-state index >= 15 is 0 Å². The zero-order valence-corrected chi connectivity index (χ0v) is 16.9. The van der Waals surface area contributed by atoms with E-state index < -0.39 is 0 Å². The fourth-order valence-corrected chi connectivity index (χ4v) is 3.33. The van der Waals surface area contributed by atoms with Crippen molar-refractivity contribution in [3.8, 4) is 0 Å². The van der Waals surface area contributed by atoms with E-state index in [1.54, 1.807) is 0 Å². The molecular formula is C20H22IN3O. The zero-order valence-electron chi connectivity index (χ0n) is 14.7. The molecule has 130 valence electrons. The minimum atomic E-state index is 0. The summed E-state index contributed by atoms with van der Waals surface area (Å²) in [5.74, 6) is 0. The van der Waals surface area contributed by atoms with Gasteiger partial charge in [0.15, 0.2) is 0 Å². The van der Waals surface area contributed by atoms with Crippen LogP contribution >= 0.6 is 0 Å². The maximum atomic E-state index is 6.23. The van der Waals surface area contributed by atoms with E-state index in [1.807, 2.05) is 12.1 Å². The molecule has 0 unspecified atom stereocenters. The van der Waals surface area contributed by atoms with Gasteiger partial charge < -0.3 is 38.6 Å². The summed E-state index contributed by atoms with van der Waals surface area (Å²) in [4.78, 5) is 2.17. The molecule has 0 fully saturated rings. The quantitative estimate of drug-likeness (QED) is 0.366. The van der Waals surface area contributed by atoms with Crippen LogP contribution in [0.5, 0.6) is 0 Å². The Kier molecular flexibility index (Phi) is 5.15. The molecule has 25 heavy (non-hydrogen) atoms. The number of furan rings is 1. The Balaban J connectivity index is 0.00000182. The maximum Gasteiger partial charge on any atom is 0.261 e. The van der Waals surface area contributed by atoms with Gasteiger partial charge in [-0.1, -0.05) is 24.3 Å². The molecule has 2 aromatic heterocycles. The Morgan fingerprint density at radius 3 is 2.44 bits per heavy atom. The van der Waals surface area contributed by atoms with Crippen molar-refractivity contribution >= 4 is 38.7 Å². The number of halogens is 1. The standard InChI is InChI=1S/C20H21N3O.HI/c1-22(2)13-12-21-18-14-8-4-6-10-16(14)23(3)19-15-9-5-7-11-17(15)24-20(18)19;/h4-11H,12-13H2,1-3H3;1H. The summed E-state index contributed by atoms with van der Waals surface area (Å²) in [5.41, 5.74) is 5.27. The van der Waals surface area contributed by atoms with Crippen molar-refractivity contribution in [2.45, 2.75) is 0 Å². The molecule has 2 heterocycles. The predicted octanol–water partition coefficient (Wildman–Crippen LogP) is 0.541. The number of nitrogens with zero attached hydrogens (tertiary/aromatic N) is 2. The summed E-state index contributed by atoms with van der Waals surface area (Å²) < 4.78 is 8.46. The highest BCUT2D eigenvalue weighted by Gasteiger charge is 2.23. The molecule has 0 amide bonds. The number of likely N-dealkylation sites (N-methyl/N-ethyl adjacent to an activating group) is 1. The topological polar surface area (TPSA) is 32.3 Å². The number of anilines is 1. The third kappa shape index (κ3) is 3.06. The van der Waals surface area contributed by atoms with Gasteiger partial charge in [0.1, 0.15) is 12.6 Å². The van der Waals surface area contributed by atoms with Crippen LogP contribution in [0.25, 0.3) is 33.0 Å². The van der Waals surface area contributed by atoms with Crippen molar-refractivity contribution in [3.05, 3.63) is 48.5 Å². The van der Waals surface area contributed by atoms with Crippen molar-refractivity contribution in [1.29, 1.82) is 0 Å². The van der Waals surface area contributed by atoms with E-state index in [0.29, 0.717) is 0 Å². The van der Waals surface area contributed by atoms with E-state index in [4.69, 9.17) is 4.42 Å². The summed E-state index contributed by atoms with van der Waals surface area (Å²) in [5, 5.41) is 5.94. The SMILES string of the molecule is CN(C)CCNc1c2ccccc2[n+](C)c2c1oc1ccccc12.[I-]. The number of hydrogen-bond donors (Lipinski definition) is 1. The Morgan fingerprint density at radius 2 is 1.68 bits per heavy atom. The monoisotopic (exact) mass is 447 g/mol. The van der Waals surface area contributed by atoms with E-state index in [-0.39, 0.29) is 24.0 Å². The van der Waals surface area contributed by atoms with E-state index in [0.717, 1.165) is 40.8 Å². The smallest absolute Gasteiger partial charge is 0.261 e. The Morgan fingerprint density at radius 1 is 1.00 bits per heavy atom.